The Morgan fingerprint density at radius 3 is 2.59 bits per heavy atom. The highest BCUT2D eigenvalue weighted by molar-refractivity contribution is 5.85. The molecule has 17 heavy (non-hydrogen) atoms. The van der Waals surface area contributed by atoms with Gasteiger partial charge in [-0.1, -0.05) is 6.92 Å². The lowest BCUT2D eigenvalue weighted by atomic mass is 9.95. The van der Waals surface area contributed by atoms with Gasteiger partial charge >= 0.3 is 5.97 Å². The summed E-state index contributed by atoms with van der Waals surface area (Å²) in [7, 11) is 0. The number of hydrogen-bond acceptors (Lipinski definition) is 3. The Morgan fingerprint density at radius 1 is 1.35 bits per heavy atom. The van der Waals surface area contributed by atoms with Crippen molar-refractivity contribution in [1.29, 1.82) is 0 Å². The molecule has 0 aromatic rings. The number of likely N-dealkylation sites (tertiary alicyclic amines) is 1. The summed E-state index contributed by atoms with van der Waals surface area (Å²) in [5.74, 6) is -0.597. The number of carbonyl (C=O) groups excluding carboxylic acids is 1. The lowest BCUT2D eigenvalue weighted by Crippen LogP contribution is -2.47. The molecule has 6 heteroatoms. The largest absolute Gasteiger partial charge is 0.480 e. The second-order valence-corrected chi connectivity index (χ2v) is 4.63. The molecule has 0 aromatic heterocycles. The molecule has 0 aliphatic carbocycles. The fourth-order valence-electron chi connectivity index (χ4n) is 2.01. The highest BCUT2D eigenvalue weighted by atomic mass is 35.5. The van der Waals surface area contributed by atoms with E-state index in [2.05, 4.69) is 24.1 Å². The van der Waals surface area contributed by atoms with Crippen LogP contribution in [0.2, 0.25) is 0 Å². The zero-order chi connectivity index (χ0) is 12.1. The molecule has 0 saturated carbocycles. The van der Waals surface area contributed by atoms with Crippen LogP contribution in [0.1, 0.15) is 26.7 Å². The van der Waals surface area contributed by atoms with Gasteiger partial charge in [-0.25, -0.2) is 0 Å². The van der Waals surface area contributed by atoms with Gasteiger partial charge < -0.3 is 10.4 Å². The number of nitrogens with zero attached hydrogens (tertiary/aromatic N) is 1. The first-order chi connectivity index (χ1) is 7.49. The fraction of sp³-hybridized carbons (Fsp3) is 0.818. The van der Waals surface area contributed by atoms with E-state index in [1.165, 1.54) is 6.42 Å². The van der Waals surface area contributed by atoms with E-state index in [1.54, 1.807) is 0 Å². The van der Waals surface area contributed by atoms with Crippen LogP contribution in [-0.2, 0) is 9.59 Å². The molecule has 2 N–H and O–H groups in total. The molecule has 1 heterocycles. The first-order valence-electron chi connectivity index (χ1n) is 5.71. The minimum Gasteiger partial charge on any atom is -0.480 e. The number of rotatable bonds is 4. The highest BCUT2D eigenvalue weighted by Crippen LogP contribution is 2.20. The van der Waals surface area contributed by atoms with Gasteiger partial charge in [0.15, 0.2) is 0 Å². The van der Waals surface area contributed by atoms with Crippen LogP contribution >= 0.6 is 12.4 Å². The Labute approximate surface area is 108 Å². The fourth-order valence-corrected chi connectivity index (χ4v) is 2.01. The monoisotopic (exact) mass is 264 g/mol. The third kappa shape index (κ3) is 5.89. The van der Waals surface area contributed by atoms with Crippen LogP contribution in [0.5, 0.6) is 0 Å². The van der Waals surface area contributed by atoms with Crippen LogP contribution in [0.25, 0.3) is 0 Å². The number of halogens is 1. The third-order valence-corrected chi connectivity index (χ3v) is 3.03. The van der Waals surface area contributed by atoms with E-state index in [0.29, 0.717) is 18.5 Å². The molecule has 0 radical (unpaired) electrons. The average Bonchev–Trinajstić information content (AvgIpc) is 2.20. The summed E-state index contributed by atoms with van der Waals surface area (Å²) >= 11 is 0. The number of aliphatic carboxylic acids is 1. The van der Waals surface area contributed by atoms with Crippen molar-refractivity contribution < 1.29 is 14.7 Å². The highest BCUT2D eigenvalue weighted by Gasteiger charge is 2.24. The van der Waals surface area contributed by atoms with Crippen molar-refractivity contribution in [2.24, 2.45) is 5.92 Å². The summed E-state index contributed by atoms with van der Waals surface area (Å²) < 4.78 is 0. The van der Waals surface area contributed by atoms with Gasteiger partial charge in [-0.15, -0.1) is 12.4 Å². The molecule has 1 aliphatic rings. The Bertz CT molecular complexity index is 273. The average molecular weight is 265 g/mol. The molecule has 0 bridgehead atoms. The number of piperidine rings is 1. The lowest BCUT2D eigenvalue weighted by Gasteiger charge is -2.36. The SMILES string of the molecule is CC1CCC(C)N(CC(=O)NCC(=O)O)C1.Cl. The molecular weight excluding hydrogens is 244 g/mol. The van der Waals surface area contributed by atoms with E-state index >= 15 is 0 Å². The van der Waals surface area contributed by atoms with E-state index in [4.69, 9.17) is 5.11 Å². The van der Waals surface area contributed by atoms with Crippen molar-refractivity contribution in [1.82, 2.24) is 10.2 Å². The minimum absolute atomic E-state index is 0. The molecular formula is C11H21ClN2O3. The van der Waals surface area contributed by atoms with E-state index in [1.807, 2.05) is 0 Å². The Hall–Kier alpha value is -0.810. The zero-order valence-corrected chi connectivity index (χ0v) is 11.1. The summed E-state index contributed by atoms with van der Waals surface area (Å²) in [6, 6.07) is 0.409. The van der Waals surface area contributed by atoms with Gasteiger partial charge in [-0.05, 0) is 25.7 Å². The summed E-state index contributed by atoms with van der Waals surface area (Å²) in [6.07, 6.45) is 2.31. The van der Waals surface area contributed by atoms with Crippen molar-refractivity contribution in [3.63, 3.8) is 0 Å². The number of amides is 1. The molecule has 1 fully saturated rings. The zero-order valence-electron chi connectivity index (χ0n) is 10.3. The summed E-state index contributed by atoms with van der Waals surface area (Å²) in [4.78, 5) is 23.9. The van der Waals surface area contributed by atoms with Crippen LogP contribution in [-0.4, -0.2) is 47.6 Å². The molecule has 1 rings (SSSR count). The lowest BCUT2D eigenvalue weighted by molar-refractivity contribution is -0.138. The van der Waals surface area contributed by atoms with E-state index in [0.717, 1.165) is 13.0 Å². The van der Waals surface area contributed by atoms with Gasteiger partial charge in [0.25, 0.3) is 0 Å². The predicted octanol–water partition coefficient (Wildman–Crippen LogP) is 0.729. The second kappa shape index (κ2) is 7.50. The molecule has 1 saturated heterocycles. The maximum atomic E-state index is 11.5. The Kier molecular flexibility index (Phi) is 7.15. The smallest absolute Gasteiger partial charge is 0.322 e. The molecule has 2 atom stereocenters. The third-order valence-electron chi connectivity index (χ3n) is 3.03. The normalized spacial score (nSPS) is 24.8. The van der Waals surface area contributed by atoms with Crippen molar-refractivity contribution in [2.45, 2.75) is 32.7 Å². The number of carboxylic acids is 1. The topological polar surface area (TPSA) is 69.6 Å². The predicted molar refractivity (Wildman–Crippen MR) is 67.3 cm³/mol. The molecule has 5 nitrogen and oxygen atoms in total. The summed E-state index contributed by atoms with van der Waals surface area (Å²) in [6.45, 7) is 5.21. The summed E-state index contributed by atoms with van der Waals surface area (Å²) in [5, 5.41) is 10.8. The first-order valence-corrected chi connectivity index (χ1v) is 5.71. The molecule has 0 spiro atoms. The van der Waals surface area contributed by atoms with E-state index in [-0.39, 0.29) is 24.9 Å². The van der Waals surface area contributed by atoms with Crippen molar-refractivity contribution in [3.05, 3.63) is 0 Å². The standard InChI is InChI=1S/C11H20N2O3.ClH/c1-8-3-4-9(2)13(6-8)7-10(14)12-5-11(15)16;/h8-9H,3-7H2,1-2H3,(H,12,14)(H,15,16);1H. The van der Waals surface area contributed by atoms with Gasteiger partial charge in [0, 0.05) is 12.6 Å². The van der Waals surface area contributed by atoms with Crippen molar-refractivity contribution in [3.8, 4) is 0 Å². The summed E-state index contributed by atoms with van der Waals surface area (Å²) in [5.41, 5.74) is 0. The number of hydrogen-bond donors (Lipinski definition) is 2. The van der Waals surface area contributed by atoms with Crippen molar-refractivity contribution >= 4 is 24.3 Å². The molecule has 100 valence electrons. The van der Waals surface area contributed by atoms with Gasteiger partial charge in [0.2, 0.25) is 5.91 Å². The number of nitrogens with one attached hydrogen (secondary N) is 1. The molecule has 1 amide bonds. The van der Waals surface area contributed by atoms with Crippen LogP contribution in [0.15, 0.2) is 0 Å². The van der Waals surface area contributed by atoms with Crippen LogP contribution < -0.4 is 5.32 Å². The van der Waals surface area contributed by atoms with Gasteiger partial charge in [0.1, 0.15) is 6.54 Å². The Balaban J connectivity index is 0.00000256. The van der Waals surface area contributed by atoms with Gasteiger partial charge in [0.05, 0.1) is 6.54 Å². The number of carboxylic acid groups (broad SMARTS) is 1. The Morgan fingerprint density at radius 2 is 2.00 bits per heavy atom. The van der Waals surface area contributed by atoms with Crippen LogP contribution in [0.3, 0.4) is 0 Å². The number of carbonyl (C=O) groups is 2. The quantitative estimate of drug-likeness (QED) is 0.785. The minimum atomic E-state index is -1.01. The maximum Gasteiger partial charge on any atom is 0.322 e. The molecule has 2 unspecified atom stereocenters. The van der Waals surface area contributed by atoms with E-state index in [9.17, 15) is 9.59 Å². The molecule has 1 aliphatic heterocycles. The van der Waals surface area contributed by atoms with Crippen LogP contribution in [0, 0.1) is 5.92 Å². The maximum absolute atomic E-state index is 11.5. The van der Waals surface area contributed by atoms with Crippen molar-refractivity contribution in [2.75, 3.05) is 19.6 Å². The van der Waals surface area contributed by atoms with Gasteiger partial charge in [-0.3, -0.25) is 14.5 Å². The van der Waals surface area contributed by atoms with Gasteiger partial charge in [-0.2, -0.15) is 0 Å². The first kappa shape index (κ1) is 16.2. The molecule has 0 aromatic carbocycles. The van der Waals surface area contributed by atoms with E-state index < -0.39 is 5.97 Å². The van der Waals surface area contributed by atoms with Crippen LogP contribution in [0.4, 0.5) is 0 Å². The second-order valence-electron chi connectivity index (χ2n) is 4.63.